The summed E-state index contributed by atoms with van der Waals surface area (Å²) in [5.41, 5.74) is 2.34. The zero-order valence-corrected chi connectivity index (χ0v) is 18.0. The van der Waals surface area contributed by atoms with Crippen LogP contribution in [-0.4, -0.2) is 66.4 Å². The maximum atomic E-state index is 12.4. The fourth-order valence-corrected chi connectivity index (χ4v) is 4.60. The van der Waals surface area contributed by atoms with Crippen LogP contribution in [0.15, 0.2) is 30.5 Å². The molecule has 2 aromatic rings. The second-order valence-electron chi connectivity index (χ2n) is 6.31. The standard InChI is InChI=1S/C19H28N4O2S2/c1-15-18(14-21-23(15)16-6-8-17(25-4)9-7-16)19(24)20-10-5-12-26-27-13-11-22(2)3/h6-9,14H,5,10-13H2,1-4H3,(H,20,24). The molecule has 1 aromatic carbocycles. The Kier molecular flexibility index (Phi) is 9.03. The van der Waals surface area contributed by atoms with Crippen molar-refractivity contribution in [3.05, 3.63) is 41.7 Å². The number of rotatable bonds is 11. The fourth-order valence-electron chi connectivity index (χ4n) is 2.38. The van der Waals surface area contributed by atoms with Crippen LogP contribution in [0.25, 0.3) is 5.69 Å². The van der Waals surface area contributed by atoms with Gasteiger partial charge in [-0.1, -0.05) is 21.6 Å². The third-order valence-electron chi connectivity index (χ3n) is 3.97. The lowest BCUT2D eigenvalue weighted by molar-refractivity contribution is 0.0953. The lowest BCUT2D eigenvalue weighted by atomic mass is 10.2. The molecule has 1 heterocycles. The molecule has 148 valence electrons. The molecule has 8 heteroatoms. The highest BCUT2D eigenvalue weighted by molar-refractivity contribution is 8.76. The molecule has 0 bridgehead atoms. The highest BCUT2D eigenvalue weighted by Gasteiger charge is 2.14. The number of hydrogen-bond acceptors (Lipinski definition) is 6. The van der Waals surface area contributed by atoms with E-state index in [4.69, 9.17) is 4.74 Å². The van der Waals surface area contributed by atoms with E-state index in [9.17, 15) is 4.79 Å². The fraction of sp³-hybridized carbons (Fsp3) is 0.474. The Labute approximate surface area is 169 Å². The topological polar surface area (TPSA) is 59.4 Å². The number of amides is 1. The van der Waals surface area contributed by atoms with Crippen LogP contribution in [-0.2, 0) is 0 Å². The maximum absolute atomic E-state index is 12.4. The van der Waals surface area contributed by atoms with Gasteiger partial charge in [0, 0.05) is 24.6 Å². The number of benzene rings is 1. The van der Waals surface area contributed by atoms with Gasteiger partial charge in [-0.05, 0) is 51.7 Å². The minimum atomic E-state index is -0.0717. The van der Waals surface area contributed by atoms with Gasteiger partial charge < -0.3 is 15.0 Å². The minimum absolute atomic E-state index is 0.0717. The average Bonchev–Trinajstić information content (AvgIpc) is 3.05. The number of ether oxygens (including phenoxy) is 1. The van der Waals surface area contributed by atoms with Gasteiger partial charge in [0.15, 0.2) is 0 Å². The number of carbonyl (C=O) groups is 1. The number of methoxy groups -OCH3 is 1. The lowest BCUT2D eigenvalue weighted by Gasteiger charge is -2.08. The Morgan fingerprint density at radius 1 is 1.22 bits per heavy atom. The van der Waals surface area contributed by atoms with E-state index in [2.05, 4.69) is 29.4 Å². The summed E-state index contributed by atoms with van der Waals surface area (Å²) in [5, 5.41) is 7.35. The first kappa shape index (κ1) is 21.7. The van der Waals surface area contributed by atoms with E-state index in [0.29, 0.717) is 12.1 Å². The minimum Gasteiger partial charge on any atom is -0.497 e. The van der Waals surface area contributed by atoms with E-state index in [1.54, 1.807) is 18.0 Å². The number of carbonyl (C=O) groups excluding carboxylic acids is 1. The van der Waals surface area contributed by atoms with Crippen LogP contribution in [0.2, 0.25) is 0 Å². The van der Waals surface area contributed by atoms with Gasteiger partial charge in [0.25, 0.3) is 5.91 Å². The van der Waals surface area contributed by atoms with Gasteiger partial charge in [0.05, 0.1) is 30.3 Å². The second-order valence-corrected chi connectivity index (χ2v) is 9.01. The average molecular weight is 409 g/mol. The van der Waals surface area contributed by atoms with E-state index < -0.39 is 0 Å². The number of nitrogens with zero attached hydrogens (tertiary/aromatic N) is 3. The third-order valence-corrected chi connectivity index (χ3v) is 6.44. The summed E-state index contributed by atoms with van der Waals surface area (Å²) >= 11 is 0. The monoisotopic (exact) mass is 408 g/mol. The molecule has 1 amide bonds. The molecule has 27 heavy (non-hydrogen) atoms. The highest BCUT2D eigenvalue weighted by Crippen LogP contribution is 2.21. The van der Waals surface area contributed by atoms with Crippen molar-refractivity contribution < 1.29 is 9.53 Å². The van der Waals surface area contributed by atoms with Crippen molar-refractivity contribution in [1.82, 2.24) is 20.0 Å². The molecule has 0 aliphatic carbocycles. The van der Waals surface area contributed by atoms with Crippen LogP contribution in [0.1, 0.15) is 22.5 Å². The Hall–Kier alpha value is -1.64. The quantitative estimate of drug-likeness (QED) is 0.455. The predicted octanol–water partition coefficient (Wildman–Crippen LogP) is 3.25. The van der Waals surface area contributed by atoms with E-state index in [1.165, 1.54) is 0 Å². The Morgan fingerprint density at radius 2 is 1.93 bits per heavy atom. The van der Waals surface area contributed by atoms with E-state index >= 15 is 0 Å². The van der Waals surface area contributed by atoms with Crippen LogP contribution in [0.3, 0.4) is 0 Å². The summed E-state index contributed by atoms with van der Waals surface area (Å²) in [7, 11) is 9.55. The van der Waals surface area contributed by atoms with Crippen LogP contribution >= 0.6 is 21.6 Å². The molecule has 2 rings (SSSR count). The van der Waals surface area contributed by atoms with Crippen molar-refractivity contribution in [2.24, 2.45) is 0 Å². The normalized spacial score (nSPS) is 11.0. The molecule has 0 aliphatic heterocycles. The summed E-state index contributed by atoms with van der Waals surface area (Å²) in [6, 6.07) is 7.60. The zero-order chi connectivity index (χ0) is 19.6. The highest BCUT2D eigenvalue weighted by atomic mass is 33.1. The van der Waals surface area contributed by atoms with Crippen LogP contribution in [0.5, 0.6) is 5.75 Å². The second kappa shape index (κ2) is 11.3. The van der Waals surface area contributed by atoms with Gasteiger partial charge >= 0.3 is 0 Å². The number of hydrogen-bond donors (Lipinski definition) is 1. The lowest BCUT2D eigenvalue weighted by Crippen LogP contribution is -2.25. The van der Waals surface area contributed by atoms with E-state index in [-0.39, 0.29) is 5.91 Å². The maximum Gasteiger partial charge on any atom is 0.254 e. The van der Waals surface area contributed by atoms with Crippen molar-refractivity contribution in [2.75, 3.05) is 45.8 Å². The first-order chi connectivity index (χ1) is 13.0. The van der Waals surface area contributed by atoms with Crippen molar-refractivity contribution >= 4 is 27.5 Å². The van der Waals surface area contributed by atoms with E-state index in [0.717, 1.165) is 41.6 Å². The van der Waals surface area contributed by atoms with Gasteiger partial charge in [0.2, 0.25) is 0 Å². The van der Waals surface area contributed by atoms with Crippen LogP contribution in [0.4, 0.5) is 0 Å². The summed E-state index contributed by atoms with van der Waals surface area (Å²) in [4.78, 5) is 14.6. The molecule has 0 saturated heterocycles. The summed E-state index contributed by atoms with van der Waals surface area (Å²) in [6.45, 7) is 3.67. The first-order valence-electron chi connectivity index (χ1n) is 8.89. The number of nitrogens with one attached hydrogen (secondary N) is 1. The van der Waals surface area contributed by atoms with E-state index in [1.807, 2.05) is 52.8 Å². The van der Waals surface area contributed by atoms with Crippen molar-refractivity contribution in [3.8, 4) is 11.4 Å². The van der Waals surface area contributed by atoms with Crippen molar-refractivity contribution in [2.45, 2.75) is 13.3 Å². The Balaban J connectivity index is 1.77. The van der Waals surface area contributed by atoms with Gasteiger partial charge in [-0.15, -0.1) is 0 Å². The molecule has 0 fully saturated rings. The van der Waals surface area contributed by atoms with Crippen LogP contribution in [0, 0.1) is 6.92 Å². The molecule has 0 radical (unpaired) electrons. The van der Waals surface area contributed by atoms with Crippen molar-refractivity contribution in [1.29, 1.82) is 0 Å². The van der Waals surface area contributed by atoms with Gasteiger partial charge in [-0.25, -0.2) is 4.68 Å². The molecular formula is C19H28N4O2S2. The smallest absolute Gasteiger partial charge is 0.254 e. The van der Waals surface area contributed by atoms with Gasteiger partial charge in [-0.3, -0.25) is 4.79 Å². The molecule has 6 nitrogen and oxygen atoms in total. The molecule has 0 spiro atoms. The molecule has 0 saturated carbocycles. The Bertz CT molecular complexity index is 717. The van der Waals surface area contributed by atoms with Gasteiger partial charge in [-0.2, -0.15) is 5.10 Å². The SMILES string of the molecule is COc1ccc(-n2ncc(C(=O)NCCCSSCCN(C)C)c2C)cc1. The predicted molar refractivity (Wildman–Crippen MR) is 115 cm³/mol. The summed E-state index contributed by atoms with van der Waals surface area (Å²) in [6.07, 6.45) is 2.58. The Morgan fingerprint density at radius 3 is 2.59 bits per heavy atom. The molecule has 0 unspecified atom stereocenters. The third kappa shape index (κ3) is 6.79. The van der Waals surface area contributed by atoms with Gasteiger partial charge in [0.1, 0.15) is 5.75 Å². The molecule has 1 aromatic heterocycles. The van der Waals surface area contributed by atoms with Crippen LogP contribution < -0.4 is 10.1 Å². The molecule has 0 aliphatic rings. The summed E-state index contributed by atoms with van der Waals surface area (Å²) in [5.74, 6) is 2.87. The first-order valence-corrected chi connectivity index (χ1v) is 11.4. The molecular weight excluding hydrogens is 380 g/mol. The largest absolute Gasteiger partial charge is 0.497 e. The number of aromatic nitrogens is 2. The zero-order valence-electron chi connectivity index (χ0n) is 16.4. The molecule has 0 atom stereocenters. The summed E-state index contributed by atoms with van der Waals surface area (Å²) < 4.78 is 6.95. The molecule has 1 N–H and O–H groups in total. The van der Waals surface area contributed by atoms with Crippen molar-refractivity contribution in [3.63, 3.8) is 0 Å².